The SMILES string of the molecule is CN(Cc1ncc(C(F)(F)F)s1)C1CCNC1. The summed E-state index contributed by atoms with van der Waals surface area (Å²) in [4.78, 5) is 5.27. The van der Waals surface area contributed by atoms with Crippen LogP contribution in [0.5, 0.6) is 0 Å². The molecular formula is C10H14F3N3S. The van der Waals surface area contributed by atoms with Gasteiger partial charge in [-0.2, -0.15) is 13.2 Å². The van der Waals surface area contributed by atoms with Gasteiger partial charge in [-0.05, 0) is 20.0 Å². The lowest BCUT2D eigenvalue weighted by molar-refractivity contribution is -0.134. The molecular weight excluding hydrogens is 251 g/mol. The average Bonchev–Trinajstić information content (AvgIpc) is 2.85. The largest absolute Gasteiger partial charge is 0.427 e. The van der Waals surface area contributed by atoms with Crippen molar-refractivity contribution in [2.45, 2.75) is 25.2 Å². The monoisotopic (exact) mass is 265 g/mol. The second kappa shape index (κ2) is 4.91. The van der Waals surface area contributed by atoms with E-state index in [0.29, 0.717) is 17.6 Å². The molecule has 2 rings (SSSR count). The van der Waals surface area contributed by atoms with Crippen molar-refractivity contribution in [1.29, 1.82) is 0 Å². The fourth-order valence-electron chi connectivity index (χ4n) is 1.87. The molecule has 1 aliphatic rings. The van der Waals surface area contributed by atoms with Crippen LogP contribution in [0.15, 0.2) is 6.20 Å². The minimum Gasteiger partial charge on any atom is -0.315 e. The van der Waals surface area contributed by atoms with Crippen molar-refractivity contribution in [3.63, 3.8) is 0 Å². The van der Waals surface area contributed by atoms with Gasteiger partial charge in [-0.3, -0.25) is 4.90 Å². The number of thiazole rings is 1. The van der Waals surface area contributed by atoms with Gasteiger partial charge in [0.2, 0.25) is 0 Å². The summed E-state index contributed by atoms with van der Waals surface area (Å²) in [6.07, 6.45) is -2.32. The van der Waals surface area contributed by atoms with Crippen LogP contribution in [-0.2, 0) is 12.7 Å². The molecule has 1 unspecified atom stereocenters. The molecule has 0 saturated carbocycles. The van der Waals surface area contributed by atoms with Gasteiger partial charge >= 0.3 is 6.18 Å². The van der Waals surface area contributed by atoms with Gasteiger partial charge in [0.05, 0.1) is 12.7 Å². The number of aromatic nitrogens is 1. The van der Waals surface area contributed by atoms with Crippen LogP contribution in [0.1, 0.15) is 16.3 Å². The van der Waals surface area contributed by atoms with Gasteiger partial charge in [-0.25, -0.2) is 4.98 Å². The predicted molar refractivity (Wildman–Crippen MR) is 59.9 cm³/mol. The number of hydrogen-bond donors (Lipinski definition) is 1. The van der Waals surface area contributed by atoms with E-state index >= 15 is 0 Å². The number of nitrogens with one attached hydrogen (secondary N) is 1. The van der Waals surface area contributed by atoms with E-state index < -0.39 is 11.1 Å². The maximum Gasteiger partial charge on any atom is 0.427 e. The molecule has 7 heteroatoms. The lowest BCUT2D eigenvalue weighted by Gasteiger charge is -2.21. The van der Waals surface area contributed by atoms with Crippen LogP contribution in [0.25, 0.3) is 0 Å². The summed E-state index contributed by atoms with van der Waals surface area (Å²) < 4.78 is 37.2. The second-order valence-electron chi connectivity index (χ2n) is 4.18. The molecule has 3 nitrogen and oxygen atoms in total. The van der Waals surface area contributed by atoms with Gasteiger partial charge in [0.1, 0.15) is 9.88 Å². The summed E-state index contributed by atoms with van der Waals surface area (Å²) in [6, 6.07) is 0.397. The lowest BCUT2D eigenvalue weighted by atomic mass is 10.2. The smallest absolute Gasteiger partial charge is 0.315 e. The van der Waals surface area contributed by atoms with Crippen LogP contribution in [-0.4, -0.2) is 36.1 Å². The Balaban J connectivity index is 1.96. The third-order valence-electron chi connectivity index (χ3n) is 2.88. The van der Waals surface area contributed by atoms with E-state index in [9.17, 15) is 13.2 Å². The topological polar surface area (TPSA) is 28.2 Å². The molecule has 1 N–H and O–H groups in total. The van der Waals surface area contributed by atoms with Gasteiger partial charge in [0, 0.05) is 12.6 Å². The molecule has 0 radical (unpaired) electrons. The van der Waals surface area contributed by atoms with Gasteiger partial charge in [-0.1, -0.05) is 0 Å². The standard InChI is InChI=1S/C10H14F3N3S/c1-16(7-2-3-14-4-7)6-9-15-5-8(17-9)10(11,12)13/h5,7,14H,2-4,6H2,1H3. The van der Waals surface area contributed by atoms with Gasteiger partial charge in [-0.15, -0.1) is 11.3 Å². The van der Waals surface area contributed by atoms with E-state index in [1.54, 1.807) is 0 Å². The molecule has 0 aliphatic carbocycles. The first-order chi connectivity index (χ1) is 7.97. The summed E-state index contributed by atoms with van der Waals surface area (Å²) >= 11 is 0.729. The maximum absolute atomic E-state index is 12.4. The minimum atomic E-state index is -4.27. The van der Waals surface area contributed by atoms with Gasteiger partial charge < -0.3 is 5.32 Å². The number of halogens is 3. The van der Waals surface area contributed by atoms with Crippen LogP contribution >= 0.6 is 11.3 Å². The Morgan fingerprint density at radius 3 is 2.88 bits per heavy atom. The Bertz CT molecular complexity index is 371. The fraction of sp³-hybridized carbons (Fsp3) is 0.700. The Hall–Kier alpha value is -0.660. The molecule has 1 saturated heterocycles. The lowest BCUT2D eigenvalue weighted by Crippen LogP contribution is -2.32. The number of alkyl halides is 3. The quantitative estimate of drug-likeness (QED) is 0.905. The number of likely N-dealkylation sites (N-methyl/N-ethyl adjacent to an activating group) is 1. The Morgan fingerprint density at radius 1 is 1.59 bits per heavy atom. The summed E-state index contributed by atoms with van der Waals surface area (Å²) in [7, 11) is 1.92. The van der Waals surface area contributed by atoms with E-state index in [0.717, 1.165) is 37.0 Å². The summed E-state index contributed by atoms with van der Waals surface area (Å²) in [5, 5.41) is 3.75. The normalized spacial score (nSPS) is 21.4. The number of rotatable bonds is 3. The van der Waals surface area contributed by atoms with Crippen molar-refractivity contribution in [1.82, 2.24) is 15.2 Å². The van der Waals surface area contributed by atoms with Crippen molar-refractivity contribution in [2.75, 3.05) is 20.1 Å². The summed E-state index contributed by atoms with van der Waals surface area (Å²) in [6.45, 7) is 2.35. The van der Waals surface area contributed by atoms with E-state index in [2.05, 4.69) is 15.2 Å². The van der Waals surface area contributed by atoms with E-state index in [-0.39, 0.29) is 0 Å². The molecule has 1 atom stereocenters. The highest BCUT2D eigenvalue weighted by Crippen LogP contribution is 2.33. The molecule has 1 aromatic rings. The molecule has 1 aliphatic heterocycles. The molecule has 0 bridgehead atoms. The molecule has 1 fully saturated rings. The van der Waals surface area contributed by atoms with Crippen molar-refractivity contribution in [3.05, 3.63) is 16.1 Å². The zero-order valence-electron chi connectivity index (χ0n) is 9.42. The van der Waals surface area contributed by atoms with Crippen molar-refractivity contribution in [2.24, 2.45) is 0 Å². The van der Waals surface area contributed by atoms with Crippen LogP contribution in [0.2, 0.25) is 0 Å². The molecule has 96 valence electrons. The van der Waals surface area contributed by atoms with E-state index in [1.807, 2.05) is 7.05 Å². The number of hydrogen-bond acceptors (Lipinski definition) is 4. The second-order valence-corrected chi connectivity index (χ2v) is 5.29. The Morgan fingerprint density at radius 2 is 2.35 bits per heavy atom. The van der Waals surface area contributed by atoms with Gasteiger partial charge in [0.15, 0.2) is 0 Å². The van der Waals surface area contributed by atoms with Crippen molar-refractivity contribution >= 4 is 11.3 Å². The van der Waals surface area contributed by atoms with Gasteiger partial charge in [0.25, 0.3) is 0 Å². The fourth-order valence-corrected chi connectivity index (χ4v) is 2.72. The maximum atomic E-state index is 12.4. The summed E-state index contributed by atoms with van der Waals surface area (Å²) in [5.41, 5.74) is 0. The molecule has 1 aromatic heterocycles. The van der Waals surface area contributed by atoms with Crippen molar-refractivity contribution in [3.8, 4) is 0 Å². The Labute approximate surface area is 102 Å². The minimum absolute atomic E-state index is 0.397. The highest BCUT2D eigenvalue weighted by atomic mass is 32.1. The van der Waals surface area contributed by atoms with Crippen LogP contribution in [0.3, 0.4) is 0 Å². The van der Waals surface area contributed by atoms with Crippen LogP contribution in [0.4, 0.5) is 13.2 Å². The molecule has 17 heavy (non-hydrogen) atoms. The third-order valence-corrected chi connectivity index (χ3v) is 3.90. The highest BCUT2D eigenvalue weighted by molar-refractivity contribution is 7.11. The molecule has 2 heterocycles. The summed E-state index contributed by atoms with van der Waals surface area (Å²) in [5.74, 6) is 0. The van der Waals surface area contributed by atoms with E-state index in [1.165, 1.54) is 0 Å². The molecule has 0 spiro atoms. The molecule has 0 aromatic carbocycles. The zero-order chi connectivity index (χ0) is 12.5. The highest BCUT2D eigenvalue weighted by Gasteiger charge is 2.33. The average molecular weight is 265 g/mol. The predicted octanol–water partition coefficient (Wildman–Crippen LogP) is 1.96. The first kappa shape index (κ1) is 12.8. The van der Waals surface area contributed by atoms with Crippen LogP contribution in [0, 0.1) is 0 Å². The number of nitrogens with zero attached hydrogens (tertiary/aromatic N) is 2. The zero-order valence-corrected chi connectivity index (χ0v) is 10.2. The van der Waals surface area contributed by atoms with Crippen molar-refractivity contribution < 1.29 is 13.2 Å². The first-order valence-corrected chi connectivity index (χ1v) is 6.21. The van der Waals surface area contributed by atoms with Crippen LogP contribution < -0.4 is 5.32 Å². The van der Waals surface area contributed by atoms with E-state index in [4.69, 9.17) is 0 Å². The first-order valence-electron chi connectivity index (χ1n) is 5.39. The third kappa shape index (κ3) is 3.17. The Kier molecular flexibility index (Phi) is 3.70. The molecule has 0 amide bonds.